The lowest BCUT2D eigenvalue weighted by molar-refractivity contribution is 1.27. The molecule has 0 aliphatic heterocycles. The SMILES string of the molecule is c1ccc2c(c1)sc1ccc3sc4ccc5c6cnccc6c6nccn6c5c4c3c12. The normalized spacial score (nSPS) is 12.5. The summed E-state index contributed by atoms with van der Waals surface area (Å²) in [5.41, 5.74) is 2.21. The molecule has 0 unspecified atom stereocenters. The zero-order valence-corrected chi connectivity index (χ0v) is 17.8. The van der Waals surface area contributed by atoms with E-state index >= 15 is 0 Å². The summed E-state index contributed by atoms with van der Waals surface area (Å²) in [5, 5.41) is 8.90. The number of imidazole rings is 1. The highest BCUT2D eigenvalue weighted by molar-refractivity contribution is 7.28. The highest BCUT2D eigenvalue weighted by Crippen LogP contribution is 2.47. The summed E-state index contributed by atoms with van der Waals surface area (Å²) in [6.45, 7) is 0. The molecule has 0 fully saturated rings. The Morgan fingerprint density at radius 3 is 2.39 bits per heavy atom. The highest BCUT2D eigenvalue weighted by Gasteiger charge is 2.18. The van der Waals surface area contributed by atoms with Gasteiger partial charge in [-0.05, 0) is 30.3 Å². The Morgan fingerprint density at radius 1 is 0.613 bits per heavy atom. The molecule has 144 valence electrons. The lowest BCUT2D eigenvalue weighted by Crippen LogP contribution is -1.91. The number of aromatic nitrogens is 3. The Hall–Kier alpha value is -3.54. The molecule has 8 rings (SSSR count). The zero-order chi connectivity index (χ0) is 20.1. The maximum atomic E-state index is 4.71. The van der Waals surface area contributed by atoms with Gasteiger partial charge < -0.3 is 0 Å². The third-order valence-electron chi connectivity index (χ3n) is 6.35. The molecule has 0 radical (unpaired) electrons. The van der Waals surface area contributed by atoms with Crippen LogP contribution in [0.5, 0.6) is 0 Å². The molecule has 0 saturated heterocycles. The monoisotopic (exact) mass is 431 g/mol. The van der Waals surface area contributed by atoms with E-state index in [-0.39, 0.29) is 0 Å². The van der Waals surface area contributed by atoms with Crippen molar-refractivity contribution in [2.75, 3.05) is 0 Å². The van der Waals surface area contributed by atoms with Crippen LogP contribution in [0, 0.1) is 0 Å². The lowest BCUT2D eigenvalue weighted by atomic mass is 10.0. The Labute approximate surface area is 183 Å². The van der Waals surface area contributed by atoms with Crippen LogP contribution >= 0.6 is 22.7 Å². The van der Waals surface area contributed by atoms with Gasteiger partial charge in [0.1, 0.15) is 5.65 Å². The van der Waals surface area contributed by atoms with Crippen LogP contribution in [-0.4, -0.2) is 14.4 Å². The summed E-state index contributed by atoms with van der Waals surface area (Å²) in [5.74, 6) is 0. The fraction of sp³-hybridized carbons (Fsp3) is 0. The number of fused-ring (bicyclic) bond motifs is 14. The lowest BCUT2D eigenvalue weighted by Gasteiger charge is -2.09. The van der Waals surface area contributed by atoms with Gasteiger partial charge in [-0.3, -0.25) is 9.38 Å². The van der Waals surface area contributed by atoms with E-state index < -0.39 is 0 Å². The van der Waals surface area contributed by atoms with Crippen molar-refractivity contribution >= 4 is 90.3 Å². The van der Waals surface area contributed by atoms with Crippen molar-refractivity contribution in [3.8, 4) is 0 Å². The first kappa shape index (κ1) is 16.2. The van der Waals surface area contributed by atoms with E-state index in [2.05, 4.69) is 70.2 Å². The quantitative estimate of drug-likeness (QED) is 0.230. The second kappa shape index (κ2) is 5.58. The molecular formula is C26H13N3S2. The molecule has 0 N–H and O–H groups in total. The second-order valence-electron chi connectivity index (χ2n) is 7.89. The van der Waals surface area contributed by atoms with Crippen LogP contribution in [0.2, 0.25) is 0 Å². The maximum Gasteiger partial charge on any atom is 0.145 e. The van der Waals surface area contributed by atoms with Gasteiger partial charge in [0.2, 0.25) is 0 Å². The highest BCUT2D eigenvalue weighted by atomic mass is 32.1. The number of benzene rings is 3. The van der Waals surface area contributed by atoms with Crippen LogP contribution in [0.4, 0.5) is 0 Å². The first-order valence-electron chi connectivity index (χ1n) is 10.2. The molecule has 0 bridgehead atoms. The van der Waals surface area contributed by atoms with Crippen LogP contribution in [0.25, 0.3) is 67.7 Å². The van der Waals surface area contributed by atoms with Gasteiger partial charge in [-0.25, -0.2) is 4.98 Å². The molecule has 8 aromatic rings. The molecule has 0 saturated carbocycles. The minimum atomic E-state index is 0.985. The number of hydrogen-bond donors (Lipinski definition) is 0. The Morgan fingerprint density at radius 2 is 1.42 bits per heavy atom. The van der Waals surface area contributed by atoms with Crippen molar-refractivity contribution in [1.29, 1.82) is 0 Å². The number of rotatable bonds is 0. The van der Waals surface area contributed by atoms with Crippen LogP contribution in [0.3, 0.4) is 0 Å². The summed E-state index contributed by atoms with van der Waals surface area (Å²) in [6.07, 6.45) is 7.81. The Bertz CT molecular complexity index is 2010. The van der Waals surface area contributed by atoms with Gasteiger partial charge in [0.05, 0.1) is 5.52 Å². The second-order valence-corrected chi connectivity index (χ2v) is 10.1. The van der Waals surface area contributed by atoms with Gasteiger partial charge in [-0.2, -0.15) is 0 Å². The molecule has 0 amide bonds. The molecular weight excluding hydrogens is 418 g/mol. The van der Waals surface area contributed by atoms with E-state index in [4.69, 9.17) is 4.98 Å². The van der Waals surface area contributed by atoms with E-state index in [0.29, 0.717) is 0 Å². The molecule has 5 aromatic heterocycles. The van der Waals surface area contributed by atoms with Gasteiger partial charge in [-0.1, -0.05) is 24.3 Å². The molecule has 3 aromatic carbocycles. The smallest absolute Gasteiger partial charge is 0.145 e. The largest absolute Gasteiger partial charge is 0.298 e. The van der Waals surface area contributed by atoms with Gasteiger partial charge in [0.15, 0.2) is 0 Å². The van der Waals surface area contributed by atoms with Crippen LogP contribution in [0.1, 0.15) is 0 Å². The summed E-state index contributed by atoms with van der Waals surface area (Å²) in [7, 11) is 0. The first-order chi connectivity index (χ1) is 15.4. The van der Waals surface area contributed by atoms with Crippen LogP contribution in [0.15, 0.2) is 79.4 Å². The van der Waals surface area contributed by atoms with Gasteiger partial charge in [0, 0.05) is 81.3 Å². The molecule has 31 heavy (non-hydrogen) atoms. The molecule has 5 heterocycles. The predicted octanol–water partition coefficient (Wildman–Crippen LogP) is 7.77. The number of nitrogens with zero attached hydrogens (tertiary/aromatic N) is 3. The number of pyridine rings is 2. The third kappa shape index (κ3) is 1.93. The van der Waals surface area contributed by atoms with E-state index in [9.17, 15) is 0 Å². The Kier molecular flexibility index (Phi) is 2.91. The summed E-state index contributed by atoms with van der Waals surface area (Å²) < 4.78 is 7.59. The average Bonchev–Trinajstić information content (AvgIpc) is 3.53. The Balaban J connectivity index is 1.77. The molecule has 0 spiro atoms. The van der Waals surface area contributed by atoms with E-state index in [1.54, 1.807) is 0 Å². The molecule has 3 nitrogen and oxygen atoms in total. The topological polar surface area (TPSA) is 30.2 Å². The summed E-state index contributed by atoms with van der Waals surface area (Å²) >= 11 is 3.75. The van der Waals surface area contributed by atoms with Crippen molar-refractivity contribution in [2.45, 2.75) is 0 Å². The average molecular weight is 432 g/mol. The van der Waals surface area contributed by atoms with E-state index in [1.807, 2.05) is 41.3 Å². The molecule has 5 heteroatoms. The molecule has 0 atom stereocenters. The molecule has 0 aliphatic rings. The van der Waals surface area contributed by atoms with Crippen molar-refractivity contribution < 1.29 is 0 Å². The fourth-order valence-electron chi connectivity index (χ4n) is 5.10. The van der Waals surface area contributed by atoms with Gasteiger partial charge >= 0.3 is 0 Å². The minimum Gasteiger partial charge on any atom is -0.298 e. The zero-order valence-electron chi connectivity index (χ0n) is 16.2. The maximum absolute atomic E-state index is 4.71. The van der Waals surface area contributed by atoms with Crippen molar-refractivity contribution in [1.82, 2.24) is 14.4 Å². The van der Waals surface area contributed by atoms with Crippen LogP contribution in [-0.2, 0) is 0 Å². The van der Waals surface area contributed by atoms with Crippen molar-refractivity contribution in [2.24, 2.45) is 0 Å². The van der Waals surface area contributed by atoms with Crippen LogP contribution < -0.4 is 0 Å². The first-order valence-corrected chi connectivity index (χ1v) is 11.8. The van der Waals surface area contributed by atoms with Crippen molar-refractivity contribution in [3.05, 3.63) is 79.4 Å². The number of thiophene rings is 2. The third-order valence-corrected chi connectivity index (χ3v) is 8.60. The summed E-state index contributed by atoms with van der Waals surface area (Å²) in [4.78, 5) is 9.15. The number of hydrogen-bond acceptors (Lipinski definition) is 4. The molecule has 0 aliphatic carbocycles. The standard InChI is InChI=1S/C26H13N3S2/c1-2-4-18-16(3-1)22-19(30-18)7-8-20-23(22)24-21(31-20)6-5-14-17-13-27-10-9-15(17)26-28-11-12-29(26)25(14)24/h1-13H. The minimum absolute atomic E-state index is 0.985. The summed E-state index contributed by atoms with van der Waals surface area (Å²) in [6, 6.07) is 19.9. The van der Waals surface area contributed by atoms with E-state index in [0.717, 1.165) is 16.4 Å². The predicted molar refractivity (Wildman–Crippen MR) is 134 cm³/mol. The van der Waals surface area contributed by atoms with E-state index in [1.165, 1.54) is 51.2 Å². The van der Waals surface area contributed by atoms with Crippen molar-refractivity contribution in [3.63, 3.8) is 0 Å². The van der Waals surface area contributed by atoms with Gasteiger partial charge in [0.25, 0.3) is 0 Å². The fourth-order valence-corrected chi connectivity index (χ4v) is 7.33. The van der Waals surface area contributed by atoms with Gasteiger partial charge in [-0.15, -0.1) is 22.7 Å².